The number of nitrogens with zero attached hydrogens (tertiary/aromatic N) is 2. The van der Waals surface area contributed by atoms with E-state index in [1.165, 1.54) is 0 Å². The van der Waals surface area contributed by atoms with Gasteiger partial charge in [0.25, 0.3) is 11.8 Å². The zero-order valence-corrected chi connectivity index (χ0v) is 19.8. The molecule has 2 aliphatic rings. The molecule has 1 saturated heterocycles. The lowest BCUT2D eigenvalue weighted by Crippen LogP contribution is -2.50. The highest BCUT2D eigenvalue weighted by molar-refractivity contribution is 5.95. The van der Waals surface area contributed by atoms with Gasteiger partial charge in [0, 0.05) is 51.7 Å². The van der Waals surface area contributed by atoms with Gasteiger partial charge in [-0.25, -0.2) is 0 Å². The van der Waals surface area contributed by atoms with Gasteiger partial charge in [-0.05, 0) is 54.4 Å². The van der Waals surface area contributed by atoms with Crippen LogP contribution in [0.2, 0.25) is 0 Å². The van der Waals surface area contributed by atoms with E-state index in [-0.39, 0.29) is 13.2 Å². The van der Waals surface area contributed by atoms with E-state index in [1.54, 1.807) is 20.2 Å². The van der Waals surface area contributed by atoms with Crippen molar-refractivity contribution in [2.75, 3.05) is 27.2 Å². The fourth-order valence-corrected chi connectivity index (χ4v) is 5.09. The van der Waals surface area contributed by atoms with Crippen LogP contribution in [0.5, 0.6) is 11.5 Å². The van der Waals surface area contributed by atoms with Crippen molar-refractivity contribution in [1.82, 2.24) is 14.8 Å². The van der Waals surface area contributed by atoms with E-state index >= 15 is 0 Å². The number of methoxy groups -OCH3 is 1. The average molecular weight is 462 g/mol. The lowest BCUT2D eigenvalue weighted by molar-refractivity contribution is -0.00938. The number of aromatic nitrogens is 1. The minimum Gasteiger partial charge on any atom is -0.496 e. The van der Waals surface area contributed by atoms with Gasteiger partial charge in [-0.15, -0.1) is 0 Å². The van der Waals surface area contributed by atoms with Gasteiger partial charge in [-0.1, -0.05) is 13.0 Å². The van der Waals surface area contributed by atoms with Crippen LogP contribution in [0.15, 0.2) is 54.7 Å². The number of hydrogen-bond donors (Lipinski definition) is 1. The number of likely N-dealkylation sites (tertiary alicyclic amines) is 1. The fourth-order valence-electron chi connectivity index (χ4n) is 5.09. The molecule has 0 radical (unpaired) electrons. The topological polar surface area (TPSA) is 72.8 Å². The summed E-state index contributed by atoms with van der Waals surface area (Å²) in [7, 11) is 3.25. The molecule has 1 aromatic heterocycles. The van der Waals surface area contributed by atoms with Crippen LogP contribution in [0.25, 0.3) is 5.69 Å². The van der Waals surface area contributed by atoms with E-state index in [0.29, 0.717) is 42.8 Å². The van der Waals surface area contributed by atoms with Crippen LogP contribution in [-0.2, 0) is 12.0 Å². The summed E-state index contributed by atoms with van der Waals surface area (Å²) in [6.45, 7) is 3.22. The molecule has 2 aromatic carbocycles. The molecule has 1 fully saturated rings. The summed E-state index contributed by atoms with van der Waals surface area (Å²) in [4.78, 5) is 27.3. The number of ether oxygens (including phenoxy) is 2. The van der Waals surface area contributed by atoms with Crippen molar-refractivity contribution in [2.24, 2.45) is 0 Å². The van der Waals surface area contributed by atoms with Crippen molar-refractivity contribution in [2.45, 2.75) is 31.8 Å². The van der Waals surface area contributed by atoms with Crippen molar-refractivity contribution >= 4 is 11.8 Å². The summed E-state index contributed by atoms with van der Waals surface area (Å²) >= 11 is 0. The van der Waals surface area contributed by atoms with Crippen LogP contribution >= 0.6 is 0 Å². The number of aryl methyl sites for hydroxylation is 1. The number of hydrogen-bond acceptors (Lipinski definition) is 4. The van der Waals surface area contributed by atoms with Gasteiger partial charge >= 0.3 is 0 Å². The van der Waals surface area contributed by atoms with Crippen LogP contribution < -0.4 is 14.8 Å². The van der Waals surface area contributed by atoms with Crippen molar-refractivity contribution in [3.63, 3.8) is 0 Å². The van der Waals surface area contributed by atoms with E-state index in [0.717, 1.165) is 29.1 Å². The highest BCUT2D eigenvalue weighted by atomic mass is 16.5. The Bertz CT molecular complexity index is 1260. The summed E-state index contributed by atoms with van der Waals surface area (Å²) in [5, 5.41) is 2.67. The van der Waals surface area contributed by atoms with Crippen LogP contribution in [0.4, 0.5) is 0 Å². The van der Waals surface area contributed by atoms with Gasteiger partial charge in [-0.3, -0.25) is 9.59 Å². The Morgan fingerprint density at radius 1 is 1.12 bits per heavy atom. The van der Waals surface area contributed by atoms with Crippen LogP contribution in [0, 0.1) is 0 Å². The number of carbonyl (C=O) groups is 2. The van der Waals surface area contributed by atoms with Gasteiger partial charge in [0.1, 0.15) is 11.5 Å². The van der Waals surface area contributed by atoms with Crippen molar-refractivity contribution in [3.05, 3.63) is 77.1 Å². The minimum absolute atomic E-state index is 0. The number of rotatable bonds is 4. The van der Waals surface area contributed by atoms with E-state index in [1.807, 2.05) is 47.5 Å². The zero-order valence-electron chi connectivity index (χ0n) is 19.8. The first kappa shape index (κ1) is 22.1. The summed E-state index contributed by atoms with van der Waals surface area (Å²) in [6, 6.07) is 15.3. The molecule has 5 rings (SSSR count). The maximum atomic E-state index is 13.3. The predicted octanol–water partition coefficient (Wildman–Crippen LogP) is 4.18. The molecule has 1 N–H and O–H groups in total. The largest absolute Gasteiger partial charge is 0.496 e. The first-order chi connectivity index (χ1) is 16.5. The highest BCUT2D eigenvalue weighted by Gasteiger charge is 2.44. The molecule has 0 aliphatic carbocycles. The number of nitrogens with one attached hydrogen (secondary N) is 1. The third-order valence-corrected chi connectivity index (χ3v) is 7.00. The fraction of sp³-hybridized carbons (Fsp3) is 0.333. The summed E-state index contributed by atoms with van der Waals surface area (Å²) < 4.78 is 14.2. The van der Waals surface area contributed by atoms with Gasteiger partial charge in [-0.2, -0.15) is 0 Å². The number of piperidine rings is 1. The smallest absolute Gasteiger partial charge is 0.253 e. The molecule has 3 heterocycles. The van der Waals surface area contributed by atoms with Gasteiger partial charge < -0.3 is 24.3 Å². The number of amides is 2. The molecule has 1 spiro atoms. The number of fused-ring (bicyclic) bond motifs is 4. The van der Waals surface area contributed by atoms with Gasteiger partial charge in [0.05, 0.1) is 18.5 Å². The molecule has 0 atom stereocenters. The first-order valence-electron chi connectivity index (χ1n) is 11.7. The molecule has 7 nitrogen and oxygen atoms in total. The molecule has 2 amide bonds. The van der Waals surface area contributed by atoms with E-state index in [4.69, 9.17) is 9.47 Å². The van der Waals surface area contributed by atoms with Crippen molar-refractivity contribution in [1.29, 1.82) is 0 Å². The maximum absolute atomic E-state index is 13.3. The van der Waals surface area contributed by atoms with Crippen molar-refractivity contribution < 1.29 is 20.5 Å². The summed E-state index contributed by atoms with van der Waals surface area (Å²) in [5.74, 6) is 1.29. The molecule has 3 aromatic rings. The normalized spacial score (nSPS) is 15.8. The minimum atomic E-state index is -0.543. The first-order valence-corrected chi connectivity index (χ1v) is 11.7. The average Bonchev–Trinajstić information content (AvgIpc) is 3.39. The summed E-state index contributed by atoms with van der Waals surface area (Å²) in [6.07, 6.45) is 4.20. The highest BCUT2D eigenvalue weighted by Crippen LogP contribution is 2.45. The molecule has 34 heavy (non-hydrogen) atoms. The SMILES string of the molecule is CCc1ccc(C(=O)N2CCC3(CC2)Oc2cc(C(=O)NC)ccc2-n2cccc23)cc1OC.[HH]. The third kappa shape index (κ3) is 3.52. The molecular formula is C27H31N3O4. The molecule has 0 saturated carbocycles. The van der Waals surface area contributed by atoms with Crippen LogP contribution in [0.3, 0.4) is 0 Å². The van der Waals surface area contributed by atoms with E-state index in [9.17, 15) is 9.59 Å². The Kier molecular flexibility index (Phi) is 5.55. The Morgan fingerprint density at radius 2 is 1.88 bits per heavy atom. The Hall–Kier alpha value is -3.74. The third-order valence-electron chi connectivity index (χ3n) is 7.00. The Balaban J connectivity index is 0.00000289. The second kappa shape index (κ2) is 8.56. The second-order valence-corrected chi connectivity index (χ2v) is 8.79. The number of benzene rings is 2. The Labute approximate surface area is 200 Å². The summed E-state index contributed by atoms with van der Waals surface area (Å²) in [5.41, 5.74) is 3.73. The number of carbonyl (C=O) groups excluding carboxylic acids is 2. The van der Waals surface area contributed by atoms with Crippen molar-refractivity contribution in [3.8, 4) is 17.2 Å². The standard InChI is InChI=1S/C27H29N3O4.H2/c1-4-18-7-8-20(17-22(18)33-3)26(32)29-14-11-27(12-15-29)24-6-5-13-30(24)21-10-9-19(25(31)28-2)16-23(21)34-27;/h5-10,13,16-17H,4,11-12,14-15H2,1-3H3,(H,28,31);1H. The monoisotopic (exact) mass is 461 g/mol. The lowest BCUT2D eigenvalue weighted by atomic mass is 9.86. The van der Waals surface area contributed by atoms with Crippen LogP contribution in [-0.4, -0.2) is 48.5 Å². The van der Waals surface area contributed by atoms with E-state index < -0.39 is 5.60 Å². The van der Waals surface area contributed by atoms with Crippen LogP contribution in [0.1, 0.15) is 53.2 Å². The van der Waals surface area contributed by atoms with Gasteiger partial charge in [0.2, 0.25) is 0 Å². The zero-order chi connectivity index (χ0) is 23.9. The Morgan fingerprint density at radius 3 is 2.59 bits per heavy atom. The predicted molar refractivity (Wildman–Crippen MR) is 131 cm³/mol. The van der Waals surface area contributed by atoms with E-state index in [2.05, 4.69) is 22.9 Å². The van der Waals surface area contributed by atoms with Gasteiger partial charge in [0.15, 0.2) is 5.60 Å². The molecule has 0 bridgehead atoms. The molecule has 7 heteroatoms. The maximum Gasteiger partial charge on any atom is 0.253 e. The molecular weight excluding hydrogens is 430 g/mol. The second-order valence-electron chi connectivity index (χ2n) is 8.79. The lowest BCUT2D eigenvalue weighted by Gasteiger charge is -2.45. The molecule has 0 unspecified atom stereocenters. The molecule has 2 aliphatic heterocycles. The quantitative estimate of drug-likeness (QED) is 0.633. The molecule has 178 valence electrons.